The minimum absolute atomic E-state index is 0.0606. The molecule has 8 heteroatoms. The molecule has 0 bridgehead atoms. The van der Waals surface area contributed by atoms with Crippen molar-refractivity contribution >= 4 is 29.4 Å². The van der Waals surface area contributed by atoms with E-state index in [2.05, 4.69) is 6.58 Å². The third-order valence-corrected chi connectivity index (χ3v) is 4.86. The van der Waals surface area contributed by atoms with Crippen molar-refractivity contribution in [3.05, 3.63) is 103 Å². The van der Waals surface area contributed by atoms with Crippen LogP contribution in [0.3, 0.4) is 0 Å². The van der Waals surface area contributed by atoms with Crippen molar-refractivity contribution in [3.63, 3.8) is 0 Å². The van der Waals surface area contributed by atoms with Gasteiger partial charge in [-0.1, -0.05) is 30.8 Å². The molecule has 0 atom stereocenters. The van der Waals surface area contributed by atoms with Gasteiger partial charge in [-0.25, -0.2) is 14.5 Å². The number of ether oxygens (including phenoxy) is 2. The van der Waals surface area contributed by atoms with E-state index in [0.29, 0.717) is 11.4 Å². The first-order valence-electron chi connectivity index (χ1n) is 9.97. The first kappa shape index (κ1) is 22.3. The maximum Gasteiger partial charge on any atom is 0.371 e. The van der Waals surface area contributed by atoms with Gasteiger partial charge in [0.25, 0.3) is 11.8 Å². The van der Waals surface area contributed by atoms with Crippen molar-refractivity contribution in [2.45, 2.75) is 0 Å². The van der Waals surface area contributed by atoms with E-state index < -0.39 is 17.8 Å². The Hall–Kier alpha value is -4.85. The molecule has 0 spiro atoms. The second kappa shape index (κ2) is 9.33. The summed E-state index contributed by atoms with van der Waals surface area (Å²) in [7, 11) is 0. The Morgan fingerprint density at radius 3 is 1.71 bits per heavy atom. The fraction of sp³-hybridized carbons (Fsp3) is 0. The van der Waals surface area contributed by atoms with E-state index in [0.717, 1.165) is 16.0 Å². The van der Waals surface area contributed by atoms with Crippen LogP contribution >= 0.6 is 0 Å². The largest absolute Gasteiger partial charge is 0.423 e. The first-order chi connectivity index (χ1) is 16.3. The van der Waals surface area contributed by atoms with Crippen LogP contribution in [-0.4, -0.2) is 23.8 Å². The molecule has 168 valence electrons. The van der Waals surface area contributed by atoms with E-state index >= 15 is 0 Å². The second-order valence-electron chi connectivity index (χ2n) is 7.12. The van der Waals surface area contributed by atoms with Crippen LogP contribution in [-0.2, 0) is 14.4 Å². The second-order valence-corrected chi connectivity index (χ2v) is 7.12. The highest BCUT2D eigenvalue weighted by Gasteiger charge is 2.24. The van der Waals surface area contributed by atoms with E-state index in [1.54, 1.807) is 48.5 Å². The number of rotatable bonds is 6. The van der Waals surface area contributed by atoms with Crippen LogP contribution in [0.2, 0.25) is 0 Å². The van der Waals surface area contributed by atoms with E-state index in [1.165, 1.54) is 36.4 Å². The Morgan fingerprint density at radius 2 is 1.18 bits per heavy atom. The number of imide groups is 1. The summed E-state index contributed by atoms with van der Waals surface area (Å²) in [5, 5.41) is 0. The van der Waals surface area contributed by atoms with Crippen molar-refractivity contribution in [1.82, 2.24) is 0 Å². The average molecular weight is 457 g/mol. The first-order valence-corrected chi connectivity index (χ1v) is 9.97. The van der Waals surface area contributed by atoms with Crippen molar-refractivity contribution in [2.24, 2.45) is 0 Å². The molecule has 0 aromatic heterocycles. The number of anilines is 1. The quantitative estimate of drug-likeness (QED) is 0.236. The maximum atomic E-state index is 12.7. The molecule has 0 saturated carbocycles. The van der Waals surface area contributed by atoms with Crippen molar-refractivity contribution in [3.8, 4) is 22.6 Å². The normalized spacial score (nSPS) is 12.6. The fourth-order valence-corrected chi connectivity index (χ4v) is 3.16. The number of hydrogen-bond donors (Lipinski definition) is 0. The molecule has 3 aromatic rings. The molecule has 1 aliphatic heterocycles. The van der Waals surface area contributed by atoms with Gasteiger partial charge in [-0.3, -0.25) is 9.59 Å². The smallest absolute Gasteiger partial charge is 0.371 e. The number of carbonyl (C=O) groups excluding carboxylic acids is 4. The lowest BCUT2D eigenvalue weighted by Gasteiger charge is -2.14. The molecule has 7 nitrogen and oxygen atoms in total. The van der Waals surface area contributed by atoms with Gasteiger partial charge < -0.3 is 9.47 Å². The lowest BCUT2D eigenvalue weighted by molar-refractivity contribution is -0.131. The standard InChI is InChI=1S/C26H16FNO6/c1-16(27)25(31)33-21-12-6-19(7-13-21)26(32)34-22-10-4-18(5-11-22)17-2-8-20(9-3-17)28-23(29)14-15-24(28)30/h2-15H,1H2. The van der Waals surface area contributed by atoms with Gasteiger partial charge in [0.2, 0.25) is 5.83 Å². The Bertz CT molecular complexity index is 1310. The fourth-order valence-electron chi connectivity index (χ4n) is 3.16. The molecule has 2 amide bonds. The molecule has 0 aliphatic carbocycles. The van der Waals surface area contributed by atoms with Gasteiger partial charge in [-0.15, -0.1) is 0 Å². The molecular weight excluding hydrogens is 441 g/mol. The van der Waals surface area contributed by atoms with Gasteiger partial charge in [0.1, 0.15) is 11.5 Å². The molecule has 4 rings (SSSR count). The lowest BCUT2D eigenvalue weighted by Crippen LogP contribution is -2.29. The predicted molar refractivity (Wildman–Crippen MR) is 121 cm³/mol. The van der Waals surface area contributed by atoms with Crippen LogP contribution in [0.25, 0.3) is 11.1 Å². The topological polar surface area (TPSA) is 90.0 Å². The van der Waals surface area contributed by atoms with Crippen molar-refractivity contribution < 1.29 is 33.0 Å². The monoisotopic (exact) mass is 457 g/mol. The van der Waals surface area contributed by atoms with Gasteiger partial charge in [-0.2, -0.15) is 4.39 Å². The summed E-state index contributed by atoms with van der Waals surface area (Å²) in [6.07, 6.45) is 2.45. The van der Waals surface area contributed by atoms with Gasteiger partial charge in [0.15, 0.2) is 0 Å². The summed E-state index contributed by atoms with van der Waals surface area (Å²) >= 11 is 0. The third-order valence-electron chi connectivity index (χ3n) is 4.86. The summed E-state index contributed by atoms with van der Waals surface area (Å²) in [6, 6.07) is 19.1. The highest BCUT2D eigenvalue weighted by Crippen LogP contribution is 2.27. The summed E-state index contributed by atoms with van der Waals surface area (Å²) in [6.45, 7) is 2.85. The number of hydrogen-bond acceptors (Lipinski definition) is 6. The van der Waals surface area contributed by atoms with Crippen LogP contribution < -0.4 is 14.4 Å². The summed E-state index contributed by atoms with van der Waals surface area (Å²) < 4.78 is 22.8. The van der Waals surface area contributed by atoms with Gasteiger partial charge in [0, 0.05) is 12.2 Å². The number of benzene rings is 3. The molecule has 34 heavy (non-hydrogen) atoms. The number of carbonyl (C=O) groups is 4. The molecule has 1 heterocycles. The van der Waals surface area contributed by atoms with Gasteiger partial charge >= 0.3 is 11.9 Å². The predicted octanol–water partition coefficient (Wildman–Crippen LogP) is 4.39. The number of amides is 2. The minimum Gasteiger partial charge on any atom is -0.423 e. The Balaban J connectivity index is 1.39. The third kappa shape index (κ3) is 4.81. The van der Waals surface area contributed by atoms with Crippen molar-refractivity contribution in [1.29, 1.82) is 0 Å². The van der Waals surface area contributed by atoms with Gasteiger partial charge in [-0.05, 0) is 59.7 Å². The Kier molecular flexibility index (Phi) is 6.13. The van der Waals surface area contributed by atoms with Gasteiger partial charge in [0.05, 0.1) is 11.3 Å². The number of halogens is 1. The molecule has 0 radical (unpaired) electrons. The minimum atomic E-state index is -1.23. The zero-order valence-corrected chi connectivity index (χ0v) is 17.6. The highest BCUT2D eigenvalue weighted by molar-refractivity contribution is 6.28. The summed E-state index contributed by atoms with van der Waals surface area (Å²) in [4.78, 5) is 48.2. The Labute approximate surface area is 193 Å². The van der Waals surface area contributed by atoms with Crippen LogP contribution in [0.5, 0.6) is 11.5 Å². The zero-order valence-electron chi connectivity index (χ0n) is 17.6. The molecular formula is C26H16FNO6. The molecule has 0 unspecified atom stereocenters. The lowest BCUT2D eigenvalue weighted by atomic mass is 10.1. The molecule has 1 aliphatic rings. The van der Waals surface area contributed by atoms with Crippen LogP contribution in [0.4, 0.5) is 10.1 Å². The summed E-state index contributed by atoms with van der Waals surface area (Å²) in [5.41, 5.74) is 2.36. The van der Waals surface area contributed by atoms with Crippen LogP contribution in [0.1, 0.15) is 10.4 Å². The van der Waals surface area contributed by atoms with E-state index in [-0.39, 0.29) is 23.1 Å². The molecule has 0 fully saturated rings. The van der Waals surface area contributed by atoms with Crippen molar-refractivity contribution in [2.75, 3.05) is 4.90 Å². The summed E-state index contributed by atoms with van der Waals surface area (Å²) in [5.74, 6) is -3.45. The van der Waals surface area contributed by atoms with E-state index in [9.17, 15) is 23.6 Å². The SMILES string of the molecule is C=C(F)C(=O)Oc1ccc(C(=O)Oc2ccc(-c3ccc(N4C(=O)C=CC4=O)cc3)cc2)cc1. The molecule has 3 aromatic carbocycles. The molecule has 0 saturated heterocycles. The van der Waals surface area contributed by atoms with Crippen LogP contribution in [0.15, 0.2) is 97.4 Å². The number of esters is 2. The maximum absolute atomic E-state index is 12.7. The Morgan fingerprint density at radius 1 is 0.706 bits per heavy atom. The zero-order chi connectivity index (χ0) is 24.2. The number of nitrogens with zero attached hydrogens (tertiary/aromatic N) is 1. The van der Waals surface area contributed by atoms with Crippen LogP contribution in [0, 0.1) is 0 Å². The van der Waals surface area contributed by atoms with E-state index in [1.807, 2.05) is 0 Å². The highest BCUT2D eigenvalue weighted by atomic mass is 19.1. The van der Waals surface area contributed by atoms with E-state index in [4.69, 9.17) is 9.47 Å². The average Bonchev–Trinajstić information content (AvgIpc) is 3.18. The molecule has 0 N–H and O–H groups in total.